The van der Waals surface area contributed by atoms with E-state index in [2.05, 4.69) is 0 Å². The second-order valence-electron chi connectivity index (χ2n) is 4.94. The van der Waals surface area contributed by atoms with Gasteiger partial charge in [0.15, 0.2) is 17.3 Å². The molecule has 1 aromatic rings. The molecule has 1 atom stereocenters. The molecule has 2 aliphatic rings. The van der Waals surface area contributed by atoms with Gasteiger partial charge >= 0.3 is 0 Å². The maximum atomic E-state index is 12.0. The number of carbonyl (C=O) groups is 1. The van der Waals surface area contributed by atoms with Crippen LogP contribution in [0.3, 0.4) is 0 Å². The van der Waals surface area contributed by atoms with Gasteiger partial charge in [0, 0.05) is 5.92 Å². The molecule has 1 saturated carbocycles. The summed E-state index contributed by atoms with van der Waals surface area (Å²) in [6, 6.07) is 5.79. The molecule has 0 radical (unpaired) electrons. The van der Waals surface area contributed by atoms with E-state index in [0.29, 0.717) is 5.78 Å². The summed E-state index contributed by atoms with van der Waals surface area (Å²) in [6.45, 7) is 2.29. The van der Waals surface area contributed by atoms with Crippen LogP contribution in [0.25, 0.3) is 6.08 Å². The first-order valence-corrected chi connectivity index (χ1v) is 6.38. The van der Waals surface area contributed by atoms with Crippen molar-refractivity contribution in [2.24, 2.45) is 5.92 Å². The number of hydrogen-bond donors (Lipinski definition) is 0. The van der Waals surface area contributed by atoms with E-state index in [1.54, 1.807) is 0 Å². The predicted octanol–water partition coefficient (Wildman–Crippen LogP) is 3.19. The van der Waals surface area contributed by atoms with E-state index in [0.717, 1.165) is 41.9 Å². The van der Waals surface area contributed by atoms with Gasteiger partial charge in [0.25, 0.3) is 0 Å². The van der Waals surface area contributed by atoms with Crippen LogP contribution in [0.5, 0.6) is 11.5 Å². The van der Waals surface area contributed by atoms with Crippen molar-refractivity contribution in [1.82, 2.24) is 0 Å². The van der Waals surface area contributed by atoms with E-state index in [4.69, 9.17) is 9.47 Å². The molecule has 18 heavy (non-hydrogen) atoms. The standard InChI is InChI=1S/C15H16O3/c1-10-3-2-4-12(15(10)16)7-11-5-6-13-14(8-11)18-9-17-13/h5-8,10H,2-4,9H2,1H3. The second-order valence-corrected chi connectivity index (χ2v) is 4.94. The highest BCUT2D eigenvalue weighted by Crippen LogP contribution is 2.34. The molecule has 3 rings (SSSR count). The fraction of sp³-hybridized carbons (Fsp3) is 0.400. The molecule has 0 N–H and O–H groups in total. The zero-order valence-corrected chi connectivity index (χ0v) is 10.4. The zero-order valence-electron chi connectivity index (χ0n) is 10.4. The predicted molar refractivity (Wildman–Crippen MR) is 68.6 cm³/mol. The highest BCUT2D eigenvalue weighted by atomic mass is 16.7. The molecule has 1 heterocycles. The Hall–Kier alpha value is -1.77. The molecular formula is C15H16O3. The highest BCUT2D eigenvalue weighted by molar-refractivity contribution is 6.01. The van der Waals surface area contributed by atoms with Gasteiger partial charge in [0.2, 0.25) is 6.79 Å². The summed E-state index contributed by atoms with van der Waals surface area (Å²) in [4.78, 5) is 12.0. The van der Waals surface area contributed by atoms with Gasteiger partial charge in [-0.15, -0.1) is 0 Å². The molecule has 1 aromatic carbocycles. The lowest BCUT2D eigenvalue weighted by atomic mass is 9.84. The molecule has 0 spiro atoms. The molecule has 1 aliphatic carbocycles. The maximum absolute atomic E-state index is 12.0. The van der Waals surface area contributed by atoms with Crippen molar-refractivity contribution in [2.75, 3.05) is 6.79 Å². The number of hydrogen-bond acceptors (Lipinski definition) is 3. The summed E-state index contributed by atoms with van der Waals surface area (Å²) in [6.07, 6.45) is 4.98. The Balaban J connectivity index is 1.89. The Kier molecular flexibility index (Phi) is 2.82. The number of fused-ring (bicyclic) bond motifs is 1. The molecule has 1 unspecified atom stereocenters. The average molecular weight is 244 g/mol. The van der Waals surface area contributed by atoms with Gasteiger partial charge in [-0.2, -0.15) is 0 Å². The van der Waals surface area contributed by atoms with Crippen LogP contribution in [-0.2, 0) is 4.79 Å². The largest absolute Gasteiger partial charge is 0.454 e. The Morgan fingerprint density at radius 1 is 1.28 bits per heavy atom. The quantitative estimate of drug-likeness (QED) is 0.712. The van der Waals surface area contributed by atoms with E-state index in [9.17, 15) is 4.79 Å². The summed E-state index contributed by atoms with van der Waals surface area (Å²) in [5, 5.41) is 0. The first-order chi connectivity index (χ1) is 8.74. The lowest BCUT2D eigenvalue weighted by molar-refractivity contribution is -0.119. The Morgan fingerprint density at radius 2 is 2.11 bits per heavy atom. The Labute approximate surface area is 106 Å². The van der Waals surface area contributed by atoms with Crippen molar-refractivity contribution in [2.45, 2.75) is 26.2 Å². The van der Waals surface area contributed by atoms with Crippen molar-refractivity contribution < 1.29 is 14.3 Å². The van der Waals surface area contributed by atoms with E-state index >= 15 is 0 Å². The van der Waals surface area contributed by atoms with Crippen LogP contribution in [0.2, 0.25) is 0 Å². The van der Waals surface area contributed by atoms with E-state index in [-0.39, 0.29) is 12.7 Å². The third kappa shape index (κ3) is 2.01. The third-order valence-corrected chi connectivity index (χ3v) is 3.58. The smallest absolute Gasteiger partial charge is 0.231 e. The van der Waals surface area contributed by atoms with Gasteiger partial charge in [-0.3, -0.25) is 4.79 Å². The van der Waals surface area contributed by atoms with Gasteiger partial charge in [-0.1, -0.05) is 13.0 Å². The van der Waals surface area contributed by atoms with Gasteiger partial charge < -0.3 is 9.47 Å². The summed E-state index contributed by atoms with van der Waals surface area (Å²) >= 11 is 0. The Morgan fingerprint density at radius 3 is 3.00 bits per heavy atom. The van der Waals surface area contributed by atoms with Crippen LogP contribution in [0.4, 0.5) is 0 Å². The lowest BCUT2D eigenvalue weighted by Crippen LogP contribution is -2.18. The van der Waals surface area contributed by atoms with Crippen molar-refractivity contribution in [3.05, 3.63) is 29.3 Å². The first-order valence-electron chi connectivity index (χ1n) is 6.38. The van der Waals surface area contributed by atoms with Crippen LogP contribution >= 0.6 is 0 Å². The van der Waals surface area contributed by atoms with E-state index in [1.165, 1.54) is 0 Å². The minimum Gasteiger partial charge on any atom is -0.454 e. The molecule has 1 aliphatic heterocycles. The third-order valence-electron chi connectivity index (χ3n) is 3.58. The van der Waals surface area contributed by atoms with Crippen molar-refractivity contribution in [3.63, 3.8) is 0 Å². The number of benzene rings is 1. The van der Waals surface area contributed by atoms with Crippen molar-refractivity contribution in [1.29, 1.82) is 0 Å². The van der Waals surface area contributed by atoms with Crippen molar-refractivity contribution >= 4 is 11.9 Å². The second kappa shape index (κ2) is 4.48. The minimum atomic E-state index is 0.166. The molecule has 0 aromatic heterocycles. The monoisotopic (exact) mass is 244 g/mol. The van der Waals surface area contributed by atoms with Crippen LogP contribution in [0.15, 0.2) is 23.8 Å². The molecule has 0 saturated heterocycles. The SMILES string of the molecule is CC1CCCC(=Cc2ccc3c(c2)OCO3)C1=O. The molecule has 0 bridgehead atoms. The topological polar surface area (TPSA) is 35.5 Å². The van der Waals surface area contributed by atoms with Crippen LogP contribution < -0.4 is 9.47 Å². The number of Topliss-reactive ketones (excluding diaryl/α,β-unsaturated/α-hetero) is 1. The number of rotatable bonds is 1. The van der Waals surface area contributed by atoms with Gasteiger partial charge in [0.05, 0.1) is 0 Å². The van der Waals surface area contributed by atoms with E-state index in [1.807, 2.05) is 31.2 Å². The fourth-order valence-corrected chi connectivity index (χ4v) is 2.52. The fourth-order valence-electron chi connectivity index (χ4n) is 2.52. The van der Waals surface area contributed by atoms with Crippen LogP contribution in [-0.4, -0.2) is 12.6 Å². The molecule has 3 nitrogen and oxygen atoms in total. The average Bonchev–Trinajstić information content (AvgIpc) is 2.82. The number of ketones is 1. The van der Waals surface area contributed by atoms with Gasteiger partial charge in [0.1, 0.15) is 0 Å². The number of allylic oxidation sites excluding steroid dienone is 1. The molecule has 1 fully saturated rings. The number of carbonyl (C=O) groups excluding carboxylic acids is 1. The number of ether oxygens (including phenoxy) is 2. The Bertz CT molecular complexity index is 516. The summed E-state index contributed by atoms with van der Waals surface area (Å²) in [5.74, 6) is 2.00. The molecule has 94 valence electrons. The minimum absolute atomic E-state index is 0.166. The van der Waals surface area contributed by atoms with Gasteiger partial charge in [-0.25, -0.2) is 0 Å². The maximum Gasteiger partial charge on any atom is 0.231 e. The molecule has 3 heteroatoms. The summed E-state index contributed by atoms with van der Waals surface area (Å²) < 4.78 is 10.6. The lowest BCUT2D eigenvalue weighted by Gasteiger charge is -2.19. The van der Waals surface area contributed by atoms with Crippen molar-refractivity contribution in [3.8, 4) is 11.5 Å². The van der Waals surface area contributed by atoms with Gasteiger partial charge in [-0.05, 0) is 48.6 Å². The highest BCUT2D eigenvalue weighted by Gasteiger charge is 2.22. The summed E-state index contributed by atoms with van der Waals surface area (Å²) in [7, 11) is 0. The molecule has 0 amide bonds. The zero-order chi connectivity index (χ0) is 12.5. The van der Waals surface area contributed by atoms with Crippen LogP contribution in [0, 0.1) is 5.92 Å². The first kappa shape index (κ1) is 11.3. The normalized spacial score (nSPS) is 24.6. The van der Waals surface area contributed by atoms with Crippen LogP contribution in [0.1, 0.15) is 31.7 Å². The summed E-state index contributed by atoms with van der Waals surface area (Å²) in [5.41, 5.74) is 1.95. The van der Waals surface area contributed by atoms with E-state index < -0.39 is 0 Å². The molecular weight excluding hydrogens is 228 g/mol.